The van der Waals surface area contributed by atoms with Crippen molar-refractivity contribution in [2.45, 2.75) is 19.4 Å². The van der Waals surface area contributed by atoms with Crippen molar-refractivity contribution in [3.63, 3.8) is 0 Å². The summed E-state index contributed by atoms with van der Waals surface area (Å²) in [5, 5.41) is 5.12. The maximum atomic E-state index is 13.7. The number of benzene rings is 3. The van der Waals surface area contributed by atoms with Crippen molar-refractivity contribution >= 4 is 45.8 Å². The number of H-pyrrole nitrogens is 1. The summed E-state index contributed by atoms with van der Waals surface area (Å²) in [7, 11) is 0. The fraction of sp³-hybridized carbons (Fsp3) is 0.160. The van der Waals surface area contributed by atoms with Crippen LogP contribution >= 0.6 is 23.2 Å². The molecule has 4 aromatic rings. The predicted octanol–water partition coefficient (Wildman–Crippen LogP) is 7.10. The molecule has 1 aromatic heterocycles. The number of carbonyl (C=O) groups excluding carboxylic acids is 1. The minimum atomic E-state index is -0.408. The molecule has 2 amide bonds. The number of halogens is 3. The van der Waals surface area contributed by atoms with Crippen LogP contribution in [0, 0.1) is 12.7 Å². The van der Waals surface area contributed by atoms with E-state index >= 15 is 0 Å². The van der Waals surface area contributed by atoms with Gasteiger partial charge in [-0.05, 0) is 72.5 Å². The summed E-state index contributed by atoms with van der Waals surface area (Å²) in [4.78, 5) is 18.6. The van der Waals surface area contributed by atoms with Crippen molar-refractivity contribution in [2.24, 2.45) is 0 Å². The molecule has 2 heterocycles. The minimum absolute atomic E-state index is 0.271. The number of amides is 2. The molecule has 1 atom stereocenters. The van der Waals surface area contributed by atoms with Crippen molar-refractivity contribution < 1.29 is 9.18 Å². The Morgan fingerprint density at radius 1 is 1.09 bits per heavy atom. The van der Waals surface area contributed by atoms with Crippen molar-refractivity contribution in [1.29, 1.82) is 0 Å². The highest BCUT2D eigenvalue weighted by Crippen LogP contribution is 2.39. The summed E-state index contributed by atoms with van der Waals surface area (Å²) in [6.45, 7) is 2.43. The van der Waals surface area contributed by atoms with Crippen molar-refractivity contribution in [3.8, 4) is 0 Å². The van der Waals surface area contributed by atoms with Gasteiger partial charge in [-0.15, -0.1) is 0 Å². The van der Waals surface area contributed by atoms with Gasteiger partial charge in [-0.25, -0.2) is 9.18 Å². The first-order valence-corrected chi connectivity index (χ1v) is 11.1. The van der Waals surface area contributed by atoms with Crippen LogP contribution in [0.2, 0.25) is 10.0 Å². The molecule has 162 valence electrons. The number of urea groups is 1. The van der Waals surface area contributed by atoms with Crippen LogP contribution in [-0.2, 0) is 6.42 Å². The molecule has 1 aliphatic rings. The number of anilines is 1. The van der Waals surface area contributed by atoms with E-state index in [0.29, 0.717) is 28.7 Å². The topological polar surface area (TPSA) is 48.1 Å². The number of hydrogen-bond donors (Lipinski definition) is 2. The van der Waals surface area contributed by atoms with Crippen LogP contribution in [0.5, 0.6) is 0 Å². The first-order valence-electron chi connectivity index (χ1n) is 10.3. The Balaban J connectivity index is 1.58. The average Bonchev–Trinajstić information content (AvgIpc) is 3.13. The number of nitrogens with zero attached hydrogens (tertiary/aromatic N) is 1. The summed E-state index contributed by atoms with van der Waals surface area (Å²) < 4.78 is 13.7. The molecule has 0 bridgehead atoms. The lowest BCUT2D eigenvalue weighted by Crippen LogP contribution is -2.43. The van der Waals surface area contributed by atoms with Crippen molar-refractivity contribution in [1.82, 2.24) is 9.88 Å². The third-order valence-corrected chi connectivity index (χ3v) is 6.45. The first kappa shape index (κ1) is 20.9. The molecule has 0 unspecified atom stereocenters. The molecule has 3 aromatic carbocycles. The summed E-state index contributed by atoms with van der Waals surface area (Å²) in [5.41, 5.74) is 5.36. The van der Waals surface area contributed by atoms with Gasteiger partial charge in [-0.3, -0.25) is 0 Å². The largest absolute Gasteiger partial charge is 0.356 e. The van der Waals surface area contributed by atoms with Gasteiger partial charge in [0.25, 0.3) is 0 Å². The molecule has 0 radical (unpaired) electrons. The van der Waals surface area contributed by atoms with E-state index in [-0.39, 0.29) is 11.8 Å². The average molecular weight is 468 g/mol. The summed E-state index contributed by atoms with van der Waals surface area (Å²) in [6, 6.07) is 16.8. The van der Waals surface area contributed by atoms with E-state index in [4.69, 9.17) is 23.2 Å². The van der Waals surface area contributed by atoms with Crippen LogP contribution in [0.25, 0.3) is 10.9 Å². The number of fused-ring (bicyclic) bond motifs is 3. The molecule has 1 aliphatic heterocycles. The molecule has 0 aliphatic carbocycles. The molecule has 7 heteroatoms. The van der Waals surface area contributed by atoms with Gasteiger partial charge in [0.05, 0.1) is 16.8 Å². The van der Waals surface area contributed by atoms with E-state index in [0.717, 1.165) is 33.3 Å². The molecule has 32 heavy (non-hydrogen) atoms. The SMILES string of the molecule is Cc1ccc(NC(=O)N2CCc3c([nH]c4ccc(Cl)cc34)[C@@H]2c2ccc(F)cc2)c(Cl)c1. The van der Waals surface area contributed by atoms with Gasteiger partial charge in [0.15, 0.2) is 0 Å². The number of rotatable bonds is 2. The smallest absolute Gasteiger partial charge is 0.322 e. The van der Waals surface area contributed by atoms with Crippen LogP contribution in [-0.4, -0.2) is 22.5 Å². The summed E-state index contributed by atoms with van der Waals surface area (Å²) in [6.07, 6.45) is 0.669. The summed E-state index contributed by atoms with van der Waals surface area (Å²) in [5.74, 6) is -0.323. The van der Waals surface area contributed by atoms with E-state index in [2.05, 4.69) is 10.3 Å². The Labute approximate surface area is 194 Å². The number of aromatic nitrogens is 1. The normalized spacial score (nSPS) is 15.6. The molecule has 2 N–H and O–H groups in total. The van der Waals surface area contributed by atoms with Crippen molar-refractivity contribution in [3.05, 3.63) is 98.9 Å². The van der Waals surface area contributed by atoms with Gasteiger partial charge in [-0.2, -0.15) is 0 Å². The molecule has 0 fully saturated rings. The Morgan fingerprint density at radius 2 is 1.88 bits per heavy atom. The number of hydrogen-bond acceptors (Lipinski definition) is 1. The zero-order chi connectivity index (χ0) is 22.4. The van der Waals surface area contributed by atoms with E-state index < -0.39 is 6.04 Å². The predicted molar refractivity (Wildman–Crippen MR) is 127 cm³/mol. The highest BCUT2D eigenvalue weighted by molar-refractivity contribution is 6.33. The highest BCUT2D eigenvalue weighted by Gasteiger charge is 2.35. The Kier molecular flexibility index (Phi) is 5.31. The molecular formula is C25H20Cl2FN3O. The van der Waals surface area contributed by atoms with Gasteiger partial charge in [0.2, 0.25) is 0 Å². The highest BCUT2D eigenvalue weighted by atomic mass is 35.5. The fourth-order valence-corrected chi connectivity index (χ4v) is 4.83. The van der Waals surface area contributed by atoms with Gasteiger partial charge < -0.3 is 15.2 Å². The number of aryl methyl sites for hydroxylation is 1. The number of aromatic amines is 1. The lowest BCUT2D eigenvalue weighted by atomic mass is 9.92. The summed E-state index contributed by atoms with van der Waals surface area (Å²) >= 11 is 12.6. The monoisotopic (exact) mass is 467 g/mol. The van der Waals surface area contributed by atoms with E-state index in [1.54, 1.807) is 23.1 Å². The van der Waals surface area contributed by atoms with E-state index in [1.165, 1.54) is 12.1 Å². The Morgan fingerprint density at radius 3 is 2.62 bits per heavy atom. The maximum absolute atomic E-state index is 13.7. The molecule has 5 rings (SSSR count). The third-order valence-electron chi connectivity index (χ3n) is 5.90. The molecular weight excluding hydrogens is 448 g/mol. The van der Waals surface area contributed by atoms with Gasteiger partial charge in [0.1, 0.15) is 5.82 Å². The molecule has 0 saturated carbocycles. The maximum Gasteiger partial charge on any atom is 0.322 e. The first-order chi connectivity index (χ1) is 15.4. The Hall–Kier alpha value is -3.02. The molecule has 4 nitrogen and oxygen atoms in total. The third kappa shape index (κ3) is 3.72. The Bertz CT molecular complexity index is 1330. The van der Waals surface area contributed by atoms with E-state index in [1.807, 2.05) is 37.3 Å². The fourth-order valence-electron chi connectivity index (χ4n) is 4.38. The second kappa shape index (κ2) is 8.15. The van der Waals surface area contributed by atoms with E-state index in [9.17, 15) is 9.18 Å². The quantitative estimate of drug-likeness (QED) is 0.324. The number of carbonyl (C=O) groups is 1. The lowest BCUT2D eigenvalue weighted by Gasteiger charge is -2.36. The van der Waals surface area contributed by atoms with Gasteiger partial charge in [-0.1, -0.05) is 41.4 Å². The van der Waals surface area contributed by atoms with Crippen LogP contribution in [0.4, 0.5) is 14.9 Å². The zero-order valence-electron chi connectivity index (χ0n) is 17.3. The minimum Gasteiger partial charge on any atom is -0.356 e. The second-order valence-electron chi connectivity index (χ2n) is 8.02. The van der Waals surface area contributed by atoms with Crippen LogP contribution in [0.15, 0.2) is 60.7 Å². The van der Waals surface area contributed by atoms with Crippen LogP contribution < -0.4 is 5.32 Å². The van der Waals surface area contributed by atoms with Crippen LogP contribution in [0.1, 0.15) is 28.4 Å². The van der Waals surface area contributed by atoms with Gasteiger partial charge >= 0.3 is 6.03 Å². The second-order valence-corrected chi connectivity index (χ2v) is 8.86. The van der Waals surface area contributed by atoms with Gasteiger partial charge in [0, 0.05) is 28.2 Å². The number of nitrogens with one attached hydrogen (secondary N) is 2. The van der Waals surface area contributed by atoms with Crippen LogP contribution in [0.3, 0.4) is 0 Å². The van der Waals surface area contributed by atoms with Crippen molar-refractivity contribution in [2.75, 3.05) is 11.9 Å². The zero-order valence-corrected chi connectivity index (χ0v) is 18.8. The molecule has 0 spiro atoms. The standard InChI is InChI=1S/C25H20Cl2FN3O/c1-14-2-8-22(20(27)12-14)30-25(32)31-11-10-18-19-13-16(26)5-9-21(19)29-23(18)24(31)15-3-6-17(28)7-4-15/h2-9,12-13,24,29H,10-11H2,1H3,(H,30,32)/t24-/m0/s1. The molecule has 0 saturated heterocycles. The lowest BCUT2D eigenvalue weighted by molar-refractivity contribution is 0.193.